The third kappa shape index (κ3) is 6.29. The molecule has 1 aliphatic rings. The Morgan fingerprint density at radius 2 is 2.02 bits per heavy atom. The van der Waals surface area contributed by atoms with E-state index in [1.165, 1.54) is 12.8 Å². The Hall–Kier alpha value is -4.67. The third-order valence-corrected chi connectivity index (χ3v) is 7.31. The molecule has 0 radical (unpaired) electrons. The molecule has 3 N–H and O–H groups in total. The Morgan fingerprint density at radius 3 is 2.79 bits per heavy atom. The van der Waals surface area contributed by atoms with Gasteiger partial charge in [0.05, 0.1) is 23.1 Å². The van der Waals surface area contributed by atoms with Gasteiger partial charge in [-0.25, -0.2) is 19.7 Å². The number of carbonyl (C=O) groups excluding carboxylic acids is 2. The number of imidazole rings is 2. The molecule has 218 valence electrons. The number of H-pyrrole nitrogens is 2. The maximum absolute atomic E-state index is 13.7. The van der Waals surface area contributed by atoms with Crippen molar-refractivity contribution in [3.63, 3.8) is 0 Å². The van der Waals surface area contributed by atoms with Gasteiger partial charge in [-0.1, -0.05) is 0 Å². The van der Waals surface area contributed by atoms with E-state index in [1.807, 2.05) is 45.2 Å². The van der Waals surface area contributed by atoms with Crippen molar-refractivity contribution in [2.24, 2.45) is 5.92 Å². The third-order valence-electron chi connectivity index (χ3n) is 7.31. The van der Waals surface area contributed by atoms with Crippen molar-refractivity contribution < 1.29 is 14.3 Å². The van der Waals surface area contributed by atoms with Crippen LogP contribution in [0.15, 0.2) is 55.1 Å². The van der Waals surface area contributed by atoms with Crippen LogP contribution >= 0.6 is 0 Å². The second-order valence-electron chi connectivity index (χ2n) is 11.9. The Labute approximate surface area is 243 Å². The second-order valence-corrected chi connectivity index (χ2v) is 11.9. The highest BCUT2D eigenvalue weighted by Crippen LogP contribution is 2.35. The number of hydrogen-bond acceptors (Lipinski definition) is 6. The number of nitrogens with zero attached hydrogens (tertiary/aromatic N) is 5. The molecule has 0 aliphatic heterocycles. The van der Waals surface area contributed by atoms with Crippen LogP contribution in [0.2, 0.25) is 0 Å². The Morgan fingerprint density at radius 1 is 1.17 bits per heavy atom. The van der Waals surface area contributed by atoms with Crippen molar-refractivity contribution in [3.05, 3.63) is 66.4 Å². The van der Waals surface area contributed by atoms with E-state index in [4.69, 9.17) is 9.72 Å². The molecular formula is C31H36N8O3. The van der Waals surface area contributed by atoms with Crippen LogP contribution in [-0.2, 0) is 17.7 Å². The Kier molecular flexibility index (Phi) is 7.40. The first-order chi connectivity index (χ1) is 20.2. The number of pyridine rings is 1. The Balaban J connectivity index is 1.23. The van der Waals surface area contributed by atoms with Crippen molar-refractivity contribution in [2.75, 3.05) is 19.6 Å². The highest BCUT2D eigenvalue weighted by Gasteiger charge is 2.25. The number of alkyl carbamates (subject to hydrolysis) is 1. The summed E-state index contributed by atoms with van der Waals surface area (Å²) >= 11 is 0. The van der Waals surface area contributed by atoms with Crippen LogP contribution in [0.25, 0.3) is 33.6 Å². The smallest absolute Gasteiger partial charge is 0.407 e. The summed E-state index contributed by atoms with van der Waals surface area (Å²) in [5.41, 5.74) is 4.40. The topological polar surface area (TPSA) is 134 Å². The summed E-state index contributed by atoms with van der Waals surface area (Å²) in [6.45, 7) is 7.40. The van der Waals surface area contributed by atoms with Gasteiger partial charge in [0, 0.05) is 61.6 Å². The van der Waals surface area contributed by atoms with Gasteiger partial charge in [0.1, 0.15) is 11.2 Å². The molecule has 42 heavy (non-hydrogen) atoms. The average Bonchev–Trinajstić information content (AvgIpc) is 3.32. The van der Waals surface area contributed by atoms with Gasteiger partial charge < -0.3 is 29.5 Å². The van der Waals surface area contributed by atoms with E-state index in [-0.39, 0.29) is 12.5 Å². The molecule has 1 fully saturated rings. The molecule has 1 saturated carbocycles. The van der Waals surface area contributed by atoms with Crippen LogP contribution < -0.4 is 5.32 Å². The minimum atomic E-state index is -0.596. The number of amides is 2. The molecule has 4 aromatic heterocycles. The summed E-state index contributed by atoms with van der Waals surface area (Å²) in [5.74, 6) is 1.30. The standard InChI is InChI=1S/C31H36N8O3/c1-31(2,3)42-30(41)34-12-14-38(13-10-23-17-32-19-35-23)29(40)22-8-9-24-25(15-22)37-27(36-24)26-16-21-5-4-11-33-28(21)39(26)18-20-6-7-20/h4-5,8-9,11,15-17,19-20H,6-7,10,12-14,18H2,1-3H3,(H,32,35)(H,34,41)(H,36,37). The fraction of sp³-hybridized carbons (Fsp3) is 0.387. The van der Waals surface area contributed by atoms with Gasteiger partial charge in [-0.2, -0.15) is 0 Å². The van der Waals surface area contributed by atoms with Gasteiger partial charge in [0.25, 0.3) is 5.91 Å². The van der Waals surface area contributed by atoms with E-state index in [0.29, 0.717) is 31.0 Å². The Bertz CT molecular complexity index is 1710. The maximum atomic E-state index is 13.7. The summed E-state index contributed by atoms with van der Waals surface area (Å²) in [7, 11) is 0. The van der Waals surface area contributed by atoms with Crippen molar-refractivity contribution in [2.45, 2.75) is 52.2 Å². The molecule has 0 atom stereocenters. The largest absolute Gasteiger partial charge is 0.444 e. The zero-order chi connectivity index (χ0) is 29.3. The van der Waals surface area contributed by atoms with Crippen molar-refractivity contribution in [3.8, 4) is 11.5 Å². The number of aromatic nitrogens is 6. The lowest BCUT2D eigenvalue weighted by molar-refractivity contribution is 0.0514. The highest BCUT2D eigenvalue weighted by molar-refractivity contribution is 5.98. The van der Waals surface area contributed by atoms with Crippen LogP contribution in [0.4, 0.5) is 4.79 Å². The predicted molar refractivity (Wildman–Crippen MR) is 160 cm³/mol. The molecule has 6 rings (SSSR count). The van der Waals surface area contributed by atoms with Gasteiger partial charge in [-0.15, -0.1) is 0 Å². The molecular weight excluding hydrogens is 532 g/mol. The van der Waals surface area contributed by atoms with E-state index in [2.05, 4.69) is 42.0 Å². The molecule has 0 unspecified atom stereocenters. The fourth-order valence-corrected chi connectivity index (χ4v) is 5.07. The van der Waals surface area contributed by atoms with Gasteiger partial charge in [-0.3, -0.25) is 4.79 Å². The maximum Gasteiger partial charge on any atom is 0.407 e. The SMILES string of the molecule is CC(C)(C)OC(=O)NCCN(CCc1cnc[nH]1)C(=O)c1ccc2nc(-c3cc4cccnc4n3CC3CC3)[nH]c2c1. The van der Waals surface area contributed by atoms with Crippen molar-refractivity contribution >= 4 is 34.1 Å². The summed E-state index contributed by atoms with van der Waals surface area (Å²) in [5, 5.41) is 3.84. The molecule has 2 amide bonds. The fourth-order valence-electron chi connectivity index (χ4n) is 5.07. The van der Waals surface area contributed by atoms with E-state index in [1.54, 1.807) is 23.5 Å². The first kappa shape index (κ1) is 27.5. The normalized spacial score (nSPS) is 13.5. The van der Waals surface area contributed by atoms with Crippen molar-refractivity contribution in [1.82, 2.24) is 39.7 Å². The van der Waals surface area contributed by atoms with E-state index < -0.39 is 11.7 Å². The number of rotatable bonds is 10. The molecule has 0 saturated heterocycles. The zero-order valence-corrected chi connectivity index (χ0v) is 24.2. The van der Waals surface area contributed by atoms with Gasteiger partial charge in [0.15, 0.2) is 5.82 Å². The van der Waals surface area contributed by atoms with Crippen LogP contribution in [0.3, 0.4) is 0 Å². The number of fused-ring (bicyclic) bond motifs is 2. The lowest BCUT2D eigenvalue weighted by Gasteiger charge is -2.24. The van der Waals surface area contributed by atoms with E-state index in [9.17, 15) is 9.59 Å². The van der Waals surface area contributed by atoms with Crippen LogP contribution in [0.1, 0.15) is 49.7 Å². The van der Waals surface area contributed by atoms with Gasteiger partial charge in [-0.05, 0) is 75.9 Å². The first-order valence-corrected chi connectivity index (χ1v) is 14.4. The van der Waals surface area contributed by atoms with E-state index >= 15 is 0 Å². The van der Waals surface area contributed by atoms with Crippen LogP contribution in [-0.4, -0.2) is 71.6 Å². The van der Waals surface area contributed by atoms with Gasteiger partial charge >= 0.3 is 6.09 Å². The number of benzene rings is 1. The summed E-state index contributed by atoms with van der Waals surface area (Å²) < 4.78 is 7.59. The number of ether oxygens (including phenoxy) is 1. The van der Waals surface area contributed by atoms with Crippen molar-refractivity contribution in [1.29, 1.82) is 0 Å². The molecule has 5 aromatic rings. The summed E-state index contributed by atoms with van der Waals surface area (Å²) in [6, 6.07) is 11.7. The first-order valence-electron chi connectivity index (χ1n) is 14.4. The molecule has 0 bridgehead atoms. The minimum absolute atomic E-state index is 0.134. The number of hydrogen-bond donors (Lipinski definition) is 3. The quantitative estimate of drug-likeness (QED) is 0.219. The molecule has 1 aromatic carbocycles. The number of carbonyl (C=O) groups is 2. The molecule has 11 heteroatoms. The highest BCUT2D eigenvalue weighted by atomic mass is 16.6. The second kappa shape index (κ2) is 11.3. The monoisotopic (exact) mass is 568 g/mol. The minimum Gasteiger partial charge on any atom is -0.444 e. The van der Waals surface area contributed by atoms with E-state index in [0.717, 1.165) is 45.8 Å². The molecule has 0 spiro atoms. The molecule has 1 aliphatic carbocycles. The average molecular weight is 569 g/mol. The summed E-state index contributed by atoms with van der Waals surface area (Å²) in [6.07, 6.45) is 7.77. The lowest BCUT2D eigenvalue weighted by Crippen LogP contribution is -2.41. The summed E-state index contributed by atoms with van der Waals surface area (Å²) in [4.78, 5) is 47.8. The molecule has 11 nitrogen and oxygen atoms in total. The zero-order valence-electron chi connectivity index (χ0n) is 24.2. The number of nitrogens with one attached hydrogen (secondary N) is 3. The number of aromatic amines is 2. The van der Waals surface area contributed by atoms with Crippen LogP contribution in [0.5, 0.6) is 0 Å². The predicted octanol–water partition coefficient (Wildman–Crippen LogP) is 4.92. The molecule has 4 heterocycles. The van der Waals surface area contributed by atoms with Gasteiger partial charge in [0.2, 0.25) is 0 Å². The lowest BCUT2D eigenvalue weighted by atomic mass is 10.1. The van der Waals surface area contributed by atoms with Crippen LogP contribution in [0, 0.1) is 5.92 Å².